The van der Waals surface area contributed by atoms with Crippen LogP contribution in [0.3, 0.4) is 0 Å². The molecule has 24 heavy (non-hydrogen) atoms. The summed E-state index contributed by atoms with van der Waals surface area (Å²) in [6.45, 7) is 1.90. The van der Waals surface area contributed by atoms with Gasteiger partial charge in [0.05, 0.1) is 12.8 Å². The fourth-order valence-electron chi connectivity index (χ4n) is 2.12. The molecule has 0 saturated heterocycles. The van der Waals surface area contributed by atoms with E-state index < -0.39 is 5.91 Å². The molecule has 0 aliphatic rings. The number of ether oxygens (including phenoxy) is 1. The summed E-state index contributed by atoms with van der Waals surface area (Å²) in [6.07, 6.45) is 0. The van der Waals surface area contributed by atoms with Crippen LogP contribution in [0.15, 0.2) is 46.9 Å². The molecular weight excluding hydrogens is 313 g/mol. The molecule has 3 rings (SSSR count). The number of methoxy groups -OCH3 is 1. The maximum absolute atomic E-state index is 12.9. The lowest BCUT2D eigenvalue weighted by Gasteiger charge is -2.09. The first kappa shape index (κ1) is 15.7. The molecule has 0 fully saturated rings. The molecule has 6 nitrogen and oxygen atoms in total. The van der Waals surface area contributed by atoms with Crippen molar-refractivity contribution in [1.29, 1.82) is 0 Å². The molecule has 0 unspecified atom stereocenters. The number of carbonyl (C=O) groups is 1. The summed E-state index contributed by atoms with van der Waals surface area (Å²) in [6, 6.07) is 10.9. The fourth-order valence-corrected chi connectivity index (χ4v) is 2.12. The Bertz CT molecular complexity index is 875. The first-order chi connectivity index (χ1) is 11.6. The van der Waals surface area contributed by atoms with E-state index in [0.29, 0.717) is 17.0 Å². The largest absolute Gasteiger partial charge is 0.495 e. The Morgan fingerprint density at radius 2 is 1.92 bits per heavy atom. The fraction of sp³-hybridized carbons (Fsp3) is 0.118. The van der Waals surface area contributed by atoms with E-state index in [1.54, 1.807) is 12.1 Å². The zero-order valence-corrected chi connectivity index (χ0v) is 13.0. The third-order valence-electron chi connectivity index (χ3n) is 3.31. The number of hydrogen-bond acceptors (Lipinski definition) is 5. The van der Waals surface area contributed by atoms with Crippen LogP contribution in [0.1, 0.15) is 16.2 Å². The second-order valence-electron chi connectivity index (χ2n) is 5.08. The number of halogens is 1. The number of carbonyl (C=O) groups excluding carboxylic acids is 1. The van der Waals surface area contributed by atoms with Crippen molar-refractivity contribution in [2.45, 2.75) is 6.92 Å². The number of hydrogen-bond donors (Lipinski definition) is 1. The first-order valence-electron chi connectivity index (χ1n) is 7.12. The molecule has 1 N–H and O–H groups in total. The molecule has 2 aromatic carbocycles. The lowest BCUT2D eigenvalue weighted by molar-refractivity contribution is 0.0990. The topological polar surface area (TPSA) is 77.2 Å². The summed E-state index contributed by atoms with van der Waals surface area (Å²) in [7, 11) is 1.51. The van der Waals surface area contributed by atoms with E-state index in [0.717, 1.165) is 5.56 Å². The second-order valence-corrected chi connectivity index (χ2v) is 5.08. The molecule has 7 heteroatoms. The minimum absolute atomic E-state index is 0.136. The average Bonchev–Trinajstić information content (AvgIpc) is 3.06. The van der Waals surface area contributed by atoms with E-state index in [2.05, 4.69) is 15.5 Å². The normalized spacial score (nSPS) is 10.5. The van der Waals surface area contributed by atoms with E-state index in [4.69, 9.17) is 9.15 Å². The molecule has 122 valence electrons. The van der Waals surface area contributed by atoms with Gasteiger partial charge in [0, 0.05) is 5.56 Å². The van der Waals surface area contributed by atoms with Crippen molar-refractivity contribution >= 4 is 11.6 Å². The van der Waals surface area contributed by atoms with Crippen LogP contribution in [0.25, 0.3) is 11.5 Å². The van der Waals surface area contributed by atoms with Crippen molar-refractivity contribution in [3.05, 3.63) is 59.7 Å². The van der Waals surface area contributed by atoms with Crippen LogP contribution in [0.5, 0.6) is 5.75 Å². The quantitative estimate of drug-likeness (QED) is 0.794. The van der Waals surface area contributed by atoms with Crippen molar-refractivity contribution in [2.24, 2.45) is 0 Å². The highest BCUT2D eigenvalue weighted by Gasteiger charge is 2.17. The maximum atomic E-state index is 12.9. The summed E-state index contributed by atoms with van der Waals surface area (Å²) >= 11 is 0. The number of aromatic nitrogens is 2. The molecule has 1 aromatic heterocycles. The van der Waals surface area contributed by atoms with Crippen LogP contribution in [0.4, 0.5) is 10.1 Å². The first-order valence-corrected chi connectivity index (χ1v) is 7.12. The third-order valence-corrected chi connectivity index (χ3v) is 3.31. The molecule has 1 amide bonds. The number of aryl methyl sites for hydroxylation is 1. The highest BCUT2D eigenvalue weighted by atomic mass is 19.1. The maximum Gasteiger partial charge on any atom is 0.313 e. The molecule has 0 spiro atoms. The van der Waals surface area contributed by atoms with Crippen molar-refractivity contribution < 1.29 is 18.3 Å². The Kier molecular flexibility index (Phi) is 4.24. The highest BCUT2D eigenvalue weighted by Crippen LogP contribution is 2.26. The lowest BCUT2D eigenvalue weighted by atomic mass is 10.2. The Hall–Kier alpha value is -3.22. The predicted molar refractivity (Wildman–Crippen MR) is 85.4 cm³/mol. The van der Waals surface area contributed by atoms with Crippen LogP contribution in [-0.4, -0.2) is 23.2 Å². The zero-order valence-electron chi connectivity index (χ0n) is 13.0. The summed E-state index contributed by atoms with van der Waals surface area (Å²) in [5, 5.41) is 10.2. The van der Waals surface area contributed by atoms with Crippen molar-refractivity contribution in [2.75, 3.05) is 12.4 Å². The van der Waals surface area contributed by atoms with Crippen LogP contribution in [0, 0.1) is 12.7 Å². The van der Waals surface area contributed by atoms with Gasteiger partial charge in [-0.3, -0.25) is 4.79 Å². The molecule has 0 atom stereocenters. The van der Waals surface area contributed by atoms with Gasteiger partial charge in [-0.2, -0.15) is 0 Å². The lowest BCUT2D eigenvalue weighted by Crippen LogP contribution is -2.13. The third kappa shape index (κ3) is 3.24. The van der Waals surface area contributed by atoms with Crippen LogP contribution in [-0.2, 0) is 0 Å². The van der Waals surface area contributed by atoms with E-state index in [9.17, 15) is 9.18 Å². The van der Waals surface area contributed by atoms with Crippen LogP contribution < -0.4 is 10.1 Å². The SMILES string of the molecule is COc1ccc(C)cc1NC(=O)c1nnc(-c2ccc(F)cc2)o1. The monoisotopic (exact) mass is 327 g/mol. The second kappa shape index (κ2) is 6.49. The van der Waals surface area contributed by atoms with Gasteiger partial charge in [0.25, 0.3) is 0 Å². The molecule has 3 aromatic rings. The van der Waals surface area contributed by atoms with Gasteiger partial charge in [-0.05, 0) is 48.9 Å². The number of nitrogens with one attached hydrogen (secondary N) is 1. The van der Waals surface area contributed by atoms with Crippen molar-refractivity contribution in [3.63, 3.8) is 0 Å². The van der Waals surface area contributed by atoms with Gasteiger partial charge in [-0.25, -0.2) is 4.39 Å². The molecule has 1 heterocycles. The van der Waals surface area contributed by atoms with E-state index in [1.807, 2.05) is 13.0 Å². The van der Waals surface area contributed by atoms with E-state index in [-0.39, 0.29) is 17.6 Å². The Balaban J connectivity index is 1.81. The highest BCUT2D eigenvalue weighted by molar-refractivity contribution is 6.01. The molecule has 0 aliphatic carbocycles. The van der Waals surface area contributed by atoms with Crippen LogP contribution in [0.2, 0.25) is 0 Å². The molecule has 0 bridgehead atoms. The van der Waals surface area contributed by atoms with Gasteiger partial charge < -0.3 is 14.5 Å². The van der Waals surface area contributed by atoms with Crippen molar-refractivity contribution in [3.8, 4) is 17.2 Å². The predicted octanol–water partition coefficient (Wildman–Crippen LogP) is 3.45. The minimum atomic E-state index is -0.556. The van der Waals surface area contributed by atoms with Gasteiger partial charge in [0.15, 0.2) is 0 Å². The van der Waals surface area contributed by atoms with E-state index in [1.165, 1.54) is 31.4 Å². The van der Waals surface area contributed by atoms with Gasteiger partial charge in [0.1, 0.15) is 11.6 Å². The summed E-state index contributed by atoms with van der Waals surface area (Å²) in [5.74, 6) is -0.469. The molecule has 0 radical (unpaired) electrons. The van der Waals surface area contributed by atoms with Crippen LogP contribution >= 0.6 is 0 Å². The van der Waals surface area contributed by atoms with Crippen molar-refractivity contribution in [1.82, 2.24) is 10.2 Å². The molecule has 0 saturated carbocycles. The average molecular weight is 327 g/mol. The molecule has 0 aliphatic heterocycles. The zero-order chi connectivity index (χ0) is 17.1. The smallest absolute Gasteiger partial charge is 0.313 e. The summed E-state index contributed by atoms with van der Waals surface area (Å²) in [5.41, 5.74) is 1.99. The van der Waals surface area contributed by atoms with Gasteiger partial charge in [-0.15, -0.1) is 10.2 Å². The number of rotatable bonds is 4. The van der Waals surface area contributed by atoms with Gasteiger partial charge >= 0.3 is 11.8 Å². The van der Waals surface area contributed by atoms with Gasteiger partial charge in [-0.1, -0.05) is 6.07 Å². The Labute approximate surface area is 137 Å². The van der Waals surface area contributed by atoms with E-state index >= 15 is 0 Å². The Morgan fingerprint density at radius 1 is 1.17 bits per heavy atom. The number of benzene rings is 2. The molecular formula is C17H14FN3O3. The summed E-state index contributed by atoms with van der Waals surface area (Å²) in [4.78, 5) is 12.3. The Morgan fingerprint density at radius 3 is 2.62 bits per heavy atom. The van der Waals surface area contributed by atoms with Gasteiger partial charge in [0.2, 0.25) is 5.89 Å². The summed E-state index contributed by atoms with van der Waals surface area (Å²) < 4.78 is 23.5. The number of anilines is 1. The number of amides is 1. The standard InChI is InChI=1S/C17H14FN3O3/c1-10-3-8-14(23-2)13(9-10)19-15(22)17-21-20-16(24-17)11-4-6-12(18)7-5-11/h3-9H,1-2H3,(H,19,22). The number of nitrogens with zero attached hydrogens (tertiary/aromatic N) is 2. The minimum Gasteiger partial charge on any atom is -0.495 e.